The summed E-state index contributed by atoms with van der Waals surface area (Å²) in [7, 11) is 0. The lowest BCUT2D eigenvalue weighted by molar-refractivity contribution is 0.0461. The van der Waals surface area contributed by atoms with Gasteiger partial charge in [0.1, 0.15) is 5.60 Å². The fourth-order valence-corrected chi connectivity index (χ4v) is 2.88. The van der Waals surface area contributed by atoms with Gasteiger partial charge >= 0.3 is 6.09 Å². The highest BCUT2D eigenvalue weighted by molar-refractivity contribution is 5.68. The summed E-state index contributed by atoms with van der Waals surface area (Å²) in [5, 5.41) is 6.49. The maximum Gasteiger partial charge on any atom is 0.407 e. The number of ether oxygens (including phenoxy) is 1. The number of alkyl carbamates (subject to hydrolysis) is 1. The van der Waals surface area contributed by atoms with Gasteiger partial charge in [0.05, 0.1) is 23.6 Å². The molecule has 2 heterocycles. The van der Waals surface area contributed by atoms with Crippen molar-refractivity contribution in [1.29, 1.82) is 0 Å². The van der Waals surface area contributed by atoms with Crippen LogP contribution < -0.4 is 10.6 Å². The number of aromatic nitrogens is 2. The van der Waals surface area contributed by atoms with Crippen LogP contribution in [0.4, 0.5) is 4.79 Å². The Bertz CT molecular complexity index is 506. The van der Waals surface area contributed by atoms with Crippen molar-refractivity contribution in [1.82, 2.24) is 20.6 Å². The van der Waals surface area contributed by atoms with E-state index in [-0.39, 0.29) is 17.7 Å². The van der Waals surface area contributed by atoms with Gasteiger partial charge in [-0.2, -0.15) is 0 Å². The number of carbonyl (C=O) groups is 1. The highest BCUT2D eigenvalue weighted by atomic mass is 16.6. The van der Waals surface area contributed by atoms with Gasteiger partial charge in [-0.05, 0) is 34.1 Å². The van der Waals surface area contributed by atoms with Crippen LogP contribution in [0.1, 0.15) is 52.4 Å². The molecule has 0 fully saturated rings. The number of hydrogen-bond donors (Lipinski definition) is 3. The minimum atomic E-state index is -0.499. The van der Waals surface area contributed by atoms with Crippen molar-refractivity contribution in [2.75, 3.05) is 6.54 Å². The van der Waals surface area contributed by atoms with Gasteiger partial charge in [-0.1, -0.05) is 6.92 Å². The summed E-state index contributed by atoms with van der Waals surface area (Å²) < 4.78 is 5.37. The number of amides is 1. The van der Waals surface area contributed by atoms with Crippen LogP contribution in [-0.4, -0.2) is 34.2 Å². The van der Waals surface area contributed by atoms with Crippen LogP contribution in [0.2, 0.25) is 0 Å². The van der Waals surface area contributed by atoms with Crippen LogP contribution in [0.5, 0.6) is 0 Å². The van der Waals surface area contributed by atoms with Crippen LogP contribution in [0.25, 0.3) is 0 Å². The summed E-state index contributed by atoms with van der Waals surface area (Å²) in [6.07, 6.45) is 3.04. The SMILES string of the molecule is CCC(NC(=O)OC(C)(C)C)C1(C)NCCc2[nH]cnc21. The third-order valence-corrected chi connectivity index (χ3v) is 3.87. The zero-order chi connectivity index (χ0) is 15.7. The molecule has 0 bridgehead atoms. The molecule has 0 spiro atoms. The quantitative estimate of drug-likeness (QED) is 0.797. The zero-order valence-electron chi connectivity index (χ0n) is 13.5. The van der Waals surface area contributed by atoms with Crippen molar-refractivity contribution in [2.45, 2.75) is 64.6 Å². The van der Waals surface area contributed by atoms with Crippen molar-refractivity contribution in [3.05, 3.63) is 17.7 Å². The van der Waals surface area contributed by atoms with E-state index in [1.54, 1.807) is 6.33 Å². The third kappa shape index (κ3) is 3.37. The van der Waals surface area contributed by atoms with Crippen LogP contribution >= 0.6 is 0 Å². The molecule has 118 valence electrons. The van der Waals surface area contributed by atoms with E-state index in [1.165, 1.54) is 0 Å². The molecule has 21 heavy (non-hydrogen) atoms. The molecule has 0 radical (unpaired) electrons. The van der Waals surface area contributed by atoms with Crippen LogP contribution in [0, 0.1) is 0 Å². The van der Waals surface area contributed by atoms with Gasteiger partial charge in [-0.15, -0.1) is 0 Å². The molecule has 3 N–H and O–H groups in total. The molecule has 0 aromatic carbocycles. The third-order valence-electron chi connectivity index (χ3n) is 3.87. The summed E-state index contributed by atoms with van der Waals surface area (Å²) >= 11 is 0. The molecule has 1 aliphatic rings. The monoisotopic (exact) mass is 294 g/mol. The highest BCUT2D eigenvalue weighted by Crippen LogP contribution is 2.30. The molecule has 6 nitrogen and oxygen atoms in total. The molecule has 0 saturated heterocycles. The van der Waals surface area contributed by atoms with Crippen molar-refractivity contribution in [3.63, 3.8) is 0 Å². The number of aromatic amines is 1. The molecular weight excluding hydrogens is 268 g/mol. The maximum atomic E-state index is 12.1. The molecule has 1 aromatic heterocycles. The Balaban J connectivity index is 2.17. The smallest absolute Gasteiger partial charge is 0.407 e. The second-order valence-corrected chi connectivity index (χ2v) is 6.72. The lowest BCUT2D eigenvalue weighted by Crippen LogP contribution is -2.59. The van der Waals surface area contributed by atoms with Crippen LogP contribution in [0.3, 0.4) is 0 Å². The number of rotatable bonds is 3. The standard InChI is InChI=1S/C15H26N4O2/c1-6-11(19-13(20)21-14(2,3)4)15(5)12-10(7-8-18-15)16-9-17-12/h9,11,18H,6-8H2,1-5H3,(H,16,17)(H,19,20). The van der Waals surface area contributed by atoms with E-state index in [1.807, 2.05) is 20.8 Å². The lowest BCUT2D eigenvalue weighted by atomic mass is 9.83. The summed E-state index contributed by atoms with van der Waals surface area (Å²) in [5.41, 5.74) is 1.23. The normalized spacial score (nSPS) is 23.3. The molecule has 0 aliphatic carbocycles. The molecule has 2 unspecified atom stereocenters. The first-order valence-electron chi connectivity index (χ1n) is 7.53. The van der Waals surface area contributed by atoms with Crippen molar-refractivity contribution in [3.8, 4) is 0 Å². The molecular formula is C15H26N4O2. The number of nitrogens with one attached hydrogen (secondary N) is 3. The van der Waals surface area contributed by atoms with Gasteiger partial charge in [0.2, 0.25) is 0 Å². The van der Waals surface area contributed by atoms with Gasteiger partial charge < -0.3 is 20.4 Å². The van der Waals surface area contributed by atoms with E-state index in [9.17, 15) is 4.79 Å². The number of H-pyrrole nitrogens is 1. The lowest BCUT2D eigenvalue weighted by Gasteiger charge is -2.40. The summed E-state index contributed by atoms with van der Waals surface area (Å²) in [6.45, 7) is 10.6. The molecule has 0 saturated carbocycles. The van der Waals surface area contributed by atoms with E-state index in [0.717, 1.165) is 30.8 Å². The number of hydrogen-bond acceptors (Lipinski definition) is 4. The zero-order valence-corrected chi connectivity index (χ0v) is 13.5. The second kappa shape index (κ2) is 5.67. The number of imidazole rings is 1. The molecule has 1 aliphatic heterocycles. The number of carbonyl (C=O) groups excluding carboxylic acids is 1. The van der Waals surface area contributed by atoms with E-state index in [2.05, 4.69) is 34.4 Å². The Morgan fingerprint density at radius 2 is 2.29 bits per heavy atom. The van der Waals surface area contributed by atoms with Crippen LogP contribution in [0.15, 0.2) is 6.33 Å². The van der Waals surface area contributed by atoms with Gasteiger partial charge in [0.15, 0.2) is 0 Å². The minimum Gasteiger partial charge on any atom is -0.444 e. The summed E-state index contributed by atoms with van der Waals surface area (Å²) in [4.78, 5) is 19.7. The molecule has 1 aromatic rings. The summed E-state index contributed by atoms with van der Waals surface area (Å²) in [5.74, 6) is 0. The Hall–Kier alpha value is -1.56. The van der Waals surface area contributed by atoms with Crippen molar-refractivity contribution in [2.24, 2.45) is 0 Å². The van der Waals surface area contributed by atoms with E-state index in [4.69, 9.17) is 4.74 Å². The Morgan fingerprint density at radius 1 is 1.57 bits per heavy atom. The molecule has 1 amide bonds. The predicted molar refractivity (Wildman–Crippen MR) is 81.1 cm³/mol. The predicted octanol–water partition coefficient (Wildman–Crippen LogP) is 2.07. The number of nitrogens with zero attached hydrogens (tertiary/aromatic N) is 1. The Labute approximate surface area is 126 Å². The van der Waals surface area contributed by atoms with E-state index < -0.39 is 5.60 Å². The largest absolute Gasteiger partial charge is 0.444 e. The average Bonchev–Trinajstić information content (AvgIpc) is 2.83. The first kappa shape index (κ1) is 15.8. The van der Waals surface area contributed by atoms with Crippen molar-refractivity contribution >= 4 is 6.09 Å². The summed E-state index contributed by atoms with van der Waals surface area (Å²) in [6, 6.07) is -0.0882. The van der Waals surface area contributed by atoms with Gasteiger partial charge in [0, 0.05) is 18.7 Å². The fourth-order valence-electron chi connectivity index (χ4n) is 2.88. The average molecular weight is 294 g/mol. The maximum absolute atomic E-state index is 12.1. The van der Waals surface area contributed by atoms with Gasteiger partial charge in [-0.25, -0.2) is 9.78 Å². The minimum absolute atomic E-state index is 0.0882. The van der Waals surface area contributed by atoms with E-state index in [0.29, 0.717) is 0 Å². The number of fused-ring (bicyclic) bond motifs is 1. The van der Waals surface area contributed by atoms with Crippen molar-refractivity contribution < 1.29 is 9.53 Å². The van der Waals surface area contributed by atoms with Gasteiger partial charge in [-0.3, -0.25) is 0 Å². The topological polar surface area (TPSA) is 79.0 Å². The Kier molecular flexibility index (Phi) is 4.27. The molecule has 2 rings (SSSR count). The first-order valence-corrected chi connectivity index (χ1v) is 7.53. The van der Waals surface area contributed by atoms with Gasteiger partial charge in [0.25, 0.3) is 0 Å². The fraction of sp³-hybridized carbons (Fsp3) is 0.733. The first-order chi connectivity index (χ1) is 9.76. The van der Waals surface area contributed by atoms with E-state index >= 15 is 0 Å². The molecule has 2 atom stereocenters. The second-order valence-electron chi connectivity index (χ2n) is 6.72. The molecule has 6 heteroatoms. The Morgan fingerprint density at radius 3 is 2.90 bits per heavy atom. The van der Waals surface area contributed by atoms with Crippen LogP contribution in [-0.2, 0) is 16.7 Å². The highest BCUT2D eigenvalue weighted by Gasteiger charge is 2.41.